The first-order chi connectivity index (χ1) is 8.29. The fraction of sp³-hybridized carbons (Fsp3) is 0.800. The number of rotatable bonds is 3. The van der Waals surface area contributed by atoms with Crippen LogP contribution in [-0.4, -0.2) is 58.7 Å². The van der Waals surface area contributed by atoms with Crippen LogP contribution >= 0.6 is 0 Å². The number of ether oxygens (including phenoxy) is 3. The van der Waals surface area contributed by atoms with E-state index in [1.165, 1.54) is 0 Å². The van der Waals surface area contributed by atoms with Crippen LogP contribution in [0.4, 0.5) is 0 Å². The number of methoxy groups -OCH3 is 1. The number of aromatic nitrogens is 3. The second-order valence-corrected chi connectivity index (χ2v) is 4.35. The molecule has 0 saturated carbocycles. The van der Waals surface area contributed by atoms with Crippen LogP contribution < -0.4 is 0 Å². The predicted molar refractivity (Wildman–Crippen MR) is 55.3 cm³/mol. The highest BCUT2D eigenvalue weighted by Gasteiger charge is 2.48. The van der Waals surface area contributed by atoms with Crippen molar-refractivity contribution in [3.63, 3.8) is 0 Å². The lowest BCUT2D eigenvalue weighted by Gasteiger charge is -2.15. The van der Waals surface area contributed by atoms with E-state index in [4.69, 9.17) is 14.2 Å². The molecule has 0 aromatic carbocycles. The smallest absolute Gasteiger partial charge is 0.114 e. The van der Waals surface area contributed by atoms with E-state index in [9.17, 15) is 5.11 Å². The lowest BCUT2D eigenvalue weighted by atomic mass is 10.1. The minimum absolute atomic E-state index is 0.0183. The lowest BCUT2D eigenvalue weighted by molar-refractivity contribution is 0.0169. The molecule has 7 nitrogen and oxygen atoms in total. The Morgan fingerprint density at radius 1 is 1.47 bits per heavy atom. The SMILES string of the molecule is COCc1cn([C@H]2CO[C@H]3[C@@H]2OC[C@H]3O)nn1. The van der Waals surface area contributed by atoms with Gasteiger partial charge in [0.25, 0.3) is 0 Å². The summed E-state index contributed by atoms with van der Waals surface area (Å²) in [5, 5.41) is 17.7. The number of hydrogen-bond acceptors (Lipinski definition) is 6. The molecule has 3 heterocycles. The Morgan fingerprint density at radius 2 is 2.29 bits per heavy atom. The summed E-state index contributed by atoms with van der Waals surface area (Å²) >= 11 is 0. The molecule has 0 radical (unpaired) electrons. The third-order valence-electron chi connectivity index (χ3n) is 3.19. The van der Waals surface area contributed by atoms with Gasteiger partial charge in [-0.3, -0.25) is 0 Å². The van der Waals surface area contributed by atoms with Crippen molar-refractivity contribution >= 4 is 0 Å². The maximum atomic E-state index is 9.64. The molecule has 7 heteroatoms. The van der Waals surface area contributed by atoms with Crippen LogP contribution in [0.5, 0.6) is 0 Å². The second-order valence-electron chi connectivity index (χ2n) is 4.35. The number of nitrogens with zero attached hydrogens (tertiary/aromatic N) is 3. The minimum Gasteiger partial charge on any atom is -0.388 e. The number of aliphatic hydroxyl groups is 1. The van der Waals surface area contributed by atoms with Gasteiger partial charge < -0.3 is 19.3 Å². The highest BCUT2D eigenvalue weighted by Crippen LogP contribution is 2.33. The van der Waals surface area contributed by atoms with Crippen molar-refractivity contribution in [1.82, 2.24) is 15.0 Å². The summed E-state index contributed by atoms with van der Waals surface area (Å²) in [5.74, 6) is 0. The van der Waals surface area contributed by atoms with Gasteiger partial charge in [0.15, 0.2) is 0 Å². The summed E-state index contributed by atoms with van der Waals surface area (Å²) in [6, 6.07) is -0.0183. The standard InChI is InChI=1S/C10H15N3O4/c1-15-3-6-2-13(12-11-6)7-4-16-10-8(14)5-17-9(7)10/h2,7-10,14H,3-5H2,1H3/t7-,8+,9+,10+/m0/s1. The maximum Gasteiger partial charge on any atom is 0.114 e. The van der Waals surface area contributed by atoms with E-state index in [-0.39, 0.29) is 18.2 Å². The van der Waals surface area contributed by atoms with Crippen molar-refractivity contribution in [1.29, 1.82) is 0 Å². The first-order valence-corrected chi connectivity index (χ1v) is 5.60. The van der Waals surface area contributed by atoms with Gasteiger partial charge in [-0.25, -0.2) is 4.68 Å². The fourth-order valence-corrected chi connectivity index (χ4v) is 2.38. The molecule has 3 rings (SSSR count). The van der Waals surface area contributed by atoms with Crippen LogP contribution in [0, 0.1) is 0 Å². The van der Waals surface area contributed by atoms with Gasteiger partial charge in [-0.15, -0.1) is 5.10 Å². The van der Waals surface area contributed by atoms with Crippen molar-refractivity contribution in [3.8, 4) is 0 Å². The van der Waals surface area contributed by atoms with E-state index in [0.29, 0.717) is 19.8 Å². The van der Waals surface area contributed by atoms with Gasteiger partial charge in [0.1, 0.15) is 30.0 Å². The first kappa shape index (κ1) is 11.1. The molecule has 2 aliphatic heterocycles. The van der Waals surface area contributed by atoms with Crippen LogP contribution in [0.15, 0.2) is 6.20 Å². The van der Waals surface area contributed by atoms with Gasteiger partial charge in [-0.1, -0.05) is 5.21 Å². The monoisotopic (exact) mass is 241 g/mol. The molecule has 4 atom stereocenters. The molecule has 2 aliphatic rings. The van der Waals surface area contributed by atoms with Crippen molar-refractivity contribution in [2.24, 2.45) is 0 Å². The third-order valence-corrected chi connectivity index (χ3v) is 3.19. The molecule has 1 aromatic rings. The van der Waals surface area contributed by atoms with Crippen LogP contribution in [0.2, 0.25) is 0 Å². The highest BCUT2D eigenvalue weighted by atomic mass is 16.6. The Labute approximate surface area is 98.3 Å². The Morgan fingerprint density at radius 3 is 3.12 bits per heavy atom. The average Bonchev–Trinajstić information content (AvgIpc) is 2.97. The quantitative estimate of drug-likeness (QED) is 0.740. The van der Waals surface area contributed by atoms with Crippen LogP contribution in [0.25, 0.3) is 0 Å². The van der Waals surface area contributed by atoms with Crippen LogP contribution in [0.1, 0.15) is 11.7 Å². The molecule has 0 aliphatic carbocycles. The van der Waals surface area contributed by atoms with Crippen molar-refractivity contribution < 1.29 is 19.3 Å². The van der Waals surface area contributed by atoms with Gasteiger partial charge in [-0.2, -0.15) is 0 Å². The fourth-order valence-electron chi connectivity index (χ4n) is 2.38. The molecule has 0 unspecified atom stereocenters. The van der Waals surface area contributed by atoms with E-state index in [2.05, 4.69) is 10.3 Å². The van der Waals surface area contributed by atoms with Crippen LogP contribution in [-0.2, 0) is 20.8 Å². The number of aliphatic hydroxyl groups excluding tert-OH is 1. The summed E-state index contributed by atoms with van der Waals surface area (Å²) in [5.41, 5.74) is 0.773. The van der Waals surface area contributed by atoms with E-state index >= 15 is 0 Å². The molecule has 1 N–H and O–H groups in total. The Kier molecular flexibility index (Phi) is 2.83. The lowest BCUT2D eigenvalue weighted by Crippen LogP contribution is -2.30. The average molecular weight is 241 g/mol. The van der Waals surface area contributed by atoms with Gasteiger partial charge >= 0.3 is 0 Å². The number of hydrogen-bond donors (Lipinski definition) is 1. The van der Waals surface area contributed by atoms with E-state index in [1.54, 1.807) is 11.8 Å². The van der Waals surface area contributed by atoms with Gasteiger partial charge in [0.05, 0.1) is 26.0 Å². The molecule has 2 fully saturated rings. The first-order valence-electron chi connectivity index (χ1n) is 5.60. The van der Waals surface area contributed by atoms with Gasteiger partial charge in [-0.05, 0) is 0 Å². The molecule has 0 spiro atoms. The highest BCUT2D eigenvalue weighted by molar-refractivity contribution is 4.99. The van der Waals surface area contributed by atoms with E-state index < -0.39 is 6.10 Å². The summed E-state index contributed by atoms with van der Waals surface area (Å²) < 4.78 is 17.8. The normalized spacial score (nSPS) is 36.4. The Balaban J connectivity index is 1.76. The largest absolute Gasteiger partial charge is 0.388 e. The van der Waals surface area contributed by atoms with Crippen molar-refractivity contribution in [3.05, 3.63) is 11.9 Å². The summed E-state index contributed by atoms with van der Waals surface area (Å²) in [4.78, 5) is 0. The Bertz CT molecular complexity index is 397. The van der Waals surface area contributed by atoms with Crippen LogP contribution in [0.3, 0.4) is 0 Å². The molecular formula is C10H15N3O4. The summed E-state index contributed by atoms with van der Waals surface area (Å²) in [7, 11) is 1.62. The van der Waals surface area contributed by atoms with Gasteiger partial charge in [0.2, 0.25) is 0 Å². The molecular weight excluding hydrogens is 226 g/mol. The summed E-state index contributed by atoms with van der Waals surface area (Å²) in [6.07, 6.45) is 0.915. The number of fused-ring (bicyclic) bond motifs is 1. The molecule has 0 bridgehead atoms. The minimum atomic E-state index is -0.535. The van der Waals surface area contributed by atoms with E-state index in [0.717, 1.165) is 5.69 Å². The Hall–Kier alpha value is -1.02. The van der Waals surface area contributed by atoms with E-state index in [1.807, 2.05) is 6.20 Å². The zero-order valence-corrected chi connectivity index (χ0v) is 9.52. The molecule has 94 valence electrons. The molecule has 2 saturated heterocycles. The van der Waals surface area contributed by atoms with Crippen molar-refractivity contribution in [2.45, 2.75) is 31.0 Å². The second kappa shape index (κ2) is 4.34. The maximum absolute atomic E-state index is 9.64. The zero-order valence-electron chi connectivity index (χ0n) is 9.52. The zero-order chi connectivity index (χ0) is 11.8. The predicted octanol–water partition coefficient (Wildman–Crippen LogP) is -0.876. The van der Waals surface area contributed by atoms with Crippen molar-refractivity contribution in [2.75, 3.05) is 20.3 Å². The third kappa shape index (κ3) is 1.85. The topological polar surface area (TPSA) is 78.6 Å². The van der Waals surface area contributed by atoms with Gasteiger partial charge in [0, 0.05) is 7.11 Å². The molecule has 17 heavy (non-hydrogen) atoms. The molecule has 0 amide bonds. The summed E-state index contributed by atoms with van der Waals surface area (Å²) in [6.45, 7) is 1.25. The molecule has 1 aromatic heterocycles.